The van der Waals surface area contributed by atoms with Crippen molar-refractivity contribution in [2.24, 2.45) is 0 Å². The van der Waals surface area contributed by atoms with Crippen molar-refractivity contribution in [3.05, 3.63) is 188 Å². The van der Waals surface area contributed by atoms with E-state index in [0.29, 0.717) is 17.5 Å². The largest absolute Gasteiger partial charge is 0.456 e. The smallest absolute Gasteiger partial charge is 0.164 e. The normalized spacial score (nSPS) is 11.9. The lowest BCUT2D eigenvalue weighted by Crippen LogP contribution is -2.01. The average molecular weight is 730 g/mol. The number of hydrogen-bond donors (Lipinski definition) is 0. The first-order valence-corrected chi connectivity index (χ1v) is 19.1. The van der Waals surface area contributed by atoms with Crippen LogP contribution < -0.4 is 0 Å². The van der Waals surface area contributed by atoms with Gasteiger partial charge in [0.25, 0.3) is 0 Å². The maximum atomic E-state index is 6.53. The monoisotopic (exact) mass is 729 g/mol. The molecule has 0 amide bonds. The number of nitrogens with zero attached hydrogens (tertiary/aromatic N) is 5. The van der Waals surface area contributed by atoms with Gasteiger partial charge in [-0.25, -0.2) is 15.0 Å². The number of fused-ring (bicyclic) bond motifs is 10. The van der Waals surface area contributed by atoms with Crippen LogP contribution in [0.1, 0.15) is 0 Å². The van der Waals surface area contributed by atoms with Crippen molar-refractivity contribution < 1.29 is 4.42 Å². The van der Waals surface area contributed by atoms with Crippen LogP contribution in [-0.4, -0.2) is 24.1 Å². The standard InChI is InChI=1S/C51H31N5O/c1-4-15-32(16-5-1)49-52-50(33-17-6-2-7-18-33)54-51(53-49)34-19-14-22-36(29-34)56-43-28-27-42-47(38-24-10-12-25-41(38)55(42)35-20-8-3-9-21-35)48(43)40-30-39-37-23-11-13-26-45(37)57-46(39)31-44(40)56/h1-31H. The van der Waals surface area contributed by atoms with E-state index in [-0.39, 0.29) is 0 Å². The summed E-state index contributed by atoms with van der Waals surface area (Å²) < 4.78 is 11.3. The Labute approximate surface area is 326 Å². The maximum absolute atomic E-state index is 6.53. The molecule has 12 aromatic rings. The van der Waals surface area contributed by atoms with Crippen molar-refractivity contribution >= 4 is 65.6 Å². The molecule has 0 aliphatic heterocycles. The third-order valence-electron chi connectivity index (χ3n) is 11.1. The SMILES string of the molecule is c1ccc(-c2nc(-c3ccccc3)nc(-c3cccc(-n4c5cc6oc7ccccc7c6cc5c5c6c7ccccc7n(-c7ccccc7)c6ccc54)c3)n2)cc1. The van der Waals surface area contributed by atoms with Crippen molar-refractivity contribution in [1.82, 2.24) is 24.1 Å². The highest BCUT2D eigenvalue weighted by molar-refractivity contribution is 6.30. The van der Waals surface area contributed by atoms with E-state index in [1.54, 1.807) is 0 Å². The average Bonchev–Trinajstić information content (AvgIpc) is 3.93. The molecule has 0 aliphatic rings. The summed E-state index contributed by atoms with van der Waals surface area (Å²) in [5.74, 6) is 1.87. The van der Waals surface area contributed by atoms with Gasteiger partial charge in [-0.2, -0.15) is 0 Å². The molecule has 0 unspecified atom stereocenters. The molecule has 0 saturated carbocycles. The molecule has 0 N–H and O–H groups in total. The fourth-order valence-corrected chi connectivity index (χ4v) is 8.64. The van der Waals surface area contributed by atoms with Crippen LogP contribution >= 0.6 is 0 Å². The topological polar surface area (TPSA) is 61.7 Å². The van der Waals surface area contributed by atoms with Crippen LogP contribution in [0.15, 0.2) is 192 Å². The van der Waals surface area contributed by atoms with Crippen LogP contribution in [0, 0.1) is 0 Å². The molecular formula is C51H31N5O. The number of hydrogen-bond acceptors (Lipinski definition) is 4. The van der Waals surface area contributed by atoms with E-state index in [1.165, 1.54) is 21.7 Å². The van der Waals surface area contributed by atoms with Gasteiger partial charge >= 0.3 is 0 Å². The van der Waals surface area contributed by atoms with E-state index >= 15 is 0 Å². The highest BCUT2D eigenvalue weighted by atomic mass is 16.3. The molecule has 0 bridgehead atoms. The first-order valence-electron chi connectivity index (χ1n) is 19.1. The molecule has 57 heavy (non-hydrogen) atoms. The third-order valence-corrected chi connectivity index (χ3v) is 11.1. The Morgan fingerprint density at radius 1 is 0.316 bits per heavy atom. The highest BCUT2D eigenvalue weighted by Gasteiger charge is 2.23. The Morgan fingerprint density at radius 3 is 1.54 bits per heavy atom. The summed E-state index contributed by atoms with van der Waals surface area (Å²) in [5.41, 5.74) is 11.1. The lowest BCUT2D eigenvalue weighted by Gasteiger charge is -2.12. The summed E-state index contributed by atoms with van der Waals surface area (Å²) in [6, 6.07) is 65.5. The first kappa shape index (κ1) is 31.5. The van der Waals surface area contributed by atoms with Gasteiger partial charge in [-0.1, -0.05) is 127 Å². The van der Waals surface area contributed by atoms with E-state index in [0.717, 1.165) is 71.9 Å². The van der Waals surface area contributed by atoms with E-state index in [2.05, 4.69) is 124 Å². The van der Waals surface area contributed by atoms with Crippen LogP contribution in [0.5, 0.6) is 0 Å². The molecule has 6 heteroatoms. The quantitative estimate of drug-likeness (QED) is 0.177. The summed E-state index contributed by atoms with van der Waals surface area (Å²) in [5, 5.41) is 6.99. The van der Waals surface area contributed by atoms with Crippen LogP contribution in [-0.2, 0) is 0 Å². The minimum Gasteiger partial charge on any atom is -0.456 e. The number of para-hydroxylation sites is 3. The molecule has 0 aliphatic carbocycles. The molecule has 8 aromatic carbocycles. The maximum Gasteiger partial charge on any atom is 0.164 e. The van der Waals surface area contributed by atoms with E-state index in [9.17, 15) is 0 Å². The zero-order chi connectivity index (χ0) is 37.5. The minimum atomic E-state index is 0.610. The Hall–Kier alpha value is -7.83. The third kappa shape index (κ3) is 4.87. The molecule has 4 heterocycles. The second-order valence-corrected chi connectivity index (χ2v) is 14.4. The number of rotatable bonds is 5. The molecular weight excluding hydrogens is 699 g/mol. The van der Waals surface area contributed by atoms with Crippen LogP contribution in [0.4, 0.5) is 0 Å². The molecule has 6 nitrogen and oxygen atoms in total. The van der Waals surface area contributed by atoms with Gasteiger partial charge in [-0.3, -0.25) is 0 Å². The second-order valence-electron chi connectivity index (χ2n) is 14.4. The summed E-state index contributed by atoms with van der Waals surface area (Å²) in [7, 11) is 0. The summed E-state index contributed by atoms with van der Waals surface area (Å²) >= 11 is 0. The van der Waals surface area contributed by atoms with E-state index in [1.807, 2.05) is 72.8 Å². The van der Waals surface area contributed by atoms with Gasteiger partial charge in [0.05, 0.1) is 22.1 Å². The van der Waals surface area contributed by atoms with Gasteiger partial charge in [0, 0.05) is 66.4 Å². The van der Waals surface area contributed by atoms with E-state index in [4.69, 9.17) is 19.4 Å². The Morgan fingerprint density at radius 2 is 0.842 bits per heavy atom. The summed E-state index contributed by atoms with van der Waals surface area (Å²) in [4.78, 5) is 15.1. The number of aromatic nitrogens is 5. The lowest BCUT2D eigenvalue weighted by atomic mass is 10.0. The first-order chi connectivity index (χ1) is 28.3. The predicted molar refractivity (Wildman–Crippen MR) is 232 cm³/mol. The molecule has 0 spiro atoms. The zero-order valence-electron chi connectivity index (χ0n) is 30.5. The molecule has 0 saturated heterocycles. The van der Waals surface area contributed by atoms with Crippen molar-refractivity contribution in [2.75, 3.05) is 0 Å². The predicted octanol–water partition coefficient (Wildman–Crippen LogP) is 13.0. The van der Waals surface area contributed by atoms with Crippen LogP contribution in [0.3, 0.4) is 0 Å². The van der Waals surface area contributed by atoms with Crippen molar-refractivity contribution in [1.29, 1.82) is 0 Å². The number of furan rings is 1. The van der Waals surface area contributed by atoms with Crippen LogP contribution in [0.25, 0.3) is 111 Å². The van der Waals surface area contributed by atoms with Gasteiger partial charge in [0.1, 0.15) is 11.2 Å². The molecule has 0 radical (unpaired) electrons. The zero-order valence-corrected chi connectivity index (χ0v) is 30.5. The minimum absolute atomic E-state index is 0.610. The van der Waals surface area contributed by atoms with Gasteiger partial charge in [0.15, 0.2) is 17.5 Å². The van der Waals surface area contributed by atoms with Crippen molar-refractivity contribution in [3.63, 3.8) is 0 Å². The van der Waals surface area contributed by atoms with Gasteiger partial charge in [-0.05, 0) is 54.6 Å². The van der Waals surface area contributed by atoms with Gasteiger partial charge in [0.2, 0.25) is 0 Å². The van der Waals surface area contributed by atoms with Gasteiger partial charge < -0.3 is 13.6 Å². The highest BCUT2D eigenvalue weighted by Crippen LogP contribution is 2.44. The van der Waals surface area contributed by atoms with Gasteiger partial charge in [-0.15, -0.1) is 0 Å². The number of benzene rings is 8. The summed E-state index contributed by atoms with van der Waals surface area (Å²) in [6.45, 7) is 0. The summed E-state index contributed by atoms with van der Waals surface area (Å²) in [6.07, 6.45) is 0. The molecule has 0 atom stereocenters. The fraction of sp³-hybridized carbons (Fsp3) is 0. The van der Waals surface area contributed by atoms with Crippen molar-refractivity contribution in [3.8, 4) is 45.5 Å². The molecule has 12 rings (SSSR count). The Balaban J connectivity index is 1.16. The molecule has 266 valence electrons. The van der Waals surface area contributed by atoms with E-state index < -0.39 is 0 Å². The molecule has 4 aromatic heterocycles. The molecule has 0 fully saturated rings. The Kier molecular flexibility index (Phi) is 6.83. The van der Waals surface area contributed by atoms with Crippen molar-refractivity contribution in [2.45, 2.75) is 0 Å². The van der Waals surface area contributed by atoms with Crippen LogP contribution in [0.2, 0.25) is 0 Å². The lowest BCUT2D eigenvalue weighted by molar-refractivity contribution is 0.669. The fourth-order valence-electron chi connectivity index (χ4n) is 8.64. The second kappa shape index (κ2) is 12.3. The Bertz CT molecular complexity index is 3450.